The third kappa shape index (κ3) is 4.27. The second-order valence-corrected chi connectivity index (χ2v) is 8.10. The van der Waals surface area contributed by atoms with Crippen LogP contribution in [0.3, 0.4) is 0 Å². The molecule has 7 nitrogen and oxygen atoms in total. The van der Waals surface area contributed by atoms with Crippen molar-refractivity contribution in [2.75, 3.05) is 13.2 Å². The summed E-state index contributed by atoms with van der Waals surface area (Å²) in [5, 5.41) is 6.27. The van der Waals surface area contributed by atoms with Crippen LogP contribution in [0, 0.1) is 13.8 Å². The first-order chi connectivity index (χ1) is 14.8. The van der Waals surface area contributed by atoms with Crippen LogP contribution in [0.4, 0.5) is 4.79 Å². The zero-order chi connectivity index (χ0) is 22.1. The fourth-order valence-corrected chi connectivity index (χ4v) is 3.91. The number of nitrogens with one attached hydrogen (secondary N) is 2. The van der Waals surface area contributed by atoms with Crippen LogP contribution in [-0.4, -0.2) is 36.0 Å². The molecule has 0 saturated heterocycles. The standard InChI is InChI=1S/C23H22ClN3O4/c1-13-3-4-14(2)17(9-13)21-20-18(12-31-22(20)29)27(23(30)26-21)11-19(28)25-10-15-5-7-16(24)8-6-15/h3-9,21H,10-12H2,1-2H3,(H,25,28)(H,26,30). The molecule has 0 fully saturated rings. The average Bonchev–Trinajstić information content (AvgIpc) is 3.13. The normalized spacial score (nSPS) is 17.9. The van der Waals surface area contributed by atoms with Crippen LogP contribution in [-0.2, 0) is 20.9 Å². The minimum absolute atomic E-state index is 0.0343. The van der Waals surface area contributed by atoms with E-state index in [9.17, 15) is 14.4 Å². The van der Waals surface area contributed by atoms with Gasteiger partial charge >= 0.3 is 12.0 Å². The van der Waals surface area contributed by atoms with E-state index in [1.165, 1.54) is 4.90 Å². The first-order valence-electron chi connectivity index (χ1n) is 9.90. The van der Waals surface area contributed by atoms with Gasteiger partial charge in [-0.3, -0.25) is 9.69 Å². The molecule has 4 rings (SSSR count). The first kappa shape index (κ1) is 20.9. The SMILES string of the molecule is Cc1ccc(C)c(C2NC(=O)N(CC(=O)NCc3ccc(Cl)cc3)C3=C2C(=O)OC3)c1. The number of halogens is 1. The molecule has 31 heavy (non-hydrogen) atoms. The van der Waals surface area contributed by atoms with Crippen molar-refractivity contribution in [2.24, 2.45) is 0 Å². The number of carbonyl (C=O) groups is 3. The van der Waals surface area contributed by atoms with Crippen molar-refractivity contribution >= 4 is 29.5 Å². The van der Waals surface area contributed by atoms with Gasteiger partial charge in [-0.2, -0.15) is 0 Å². The highest BCUT2D eigenvalue weighted by Crippen LogP contribution is 2.36. The van der Waals surface area contributed by atoms with Crippen LogP contribution in [0.15, 0.2) is 53.7 Å². The summed E-state index contributed by atoms with van der Waals surface area (Å²) >= 11 is 5.87. The van der Waals surface area contributed by atoms with Gasteiger partial charge in [-0.15, -0.1) is 0 Å². The fourth-order valence-electron chi connectivity index (χ4n) is 3.78. The number of urea groups is 1. The molecule has 160 valence electrons. The van der Waals surface area contributed by atoms with Crippen LogP contribution in [0.25, 0.3) is 0 Å². The fraction of sp³-hybridized carbons (Fsp3) is 0.261. The second kappa shape index (κ2) is 8.43. The Morgan fingerprint density at radius 2 is 1.94 bits per heavy atom. The summed E-state index contributed by atoms with van der Waals surface area (Å²) in [5.74, 6) is -0.825. The maximum Gasteiger partial charge on any atom is 0.338 e. The number of benzene rings is 2. The molecule has 8 heteroatoms. The van der Waals surface area contributed by atoms with Gasteiger partial charge in [0.1, 0.15) is 13.2 Å². The number of amides is 3. The molecule has 2 aliphatic rings. The van der Waals surface area contributed by atoms with Crippen molar-refractivity contribution in [3.8, 4) is 0 Å². The summed E-state index contributed by atoms with van der Waals surface area (Å²) in [6.07, 6.45) is 0. The lowest BCUT2D eigenvalue weighted by Crippen LogP contribution is -2.50. The van der Waals surface area contributed by atoms with Gasteiger partial charge in [-0.1, -0.05) is 47.5 Å². The Labute approximate surface area is 185 Å². The minimum Gasteiger partial charge on any atom is -0.456 e. The smallest absolute Gasteiger partial charge is 0.338 e. The zero-order valence-electron chi connectivity index (χ0n) is 17.2. The predicted molar refractivity (Wildman–Crippen MR) is 115 cm³/mol. The van der Waals surface area contributed by atoms with Crippen molar-refractivity contribution < 1.29 is 19.1 Å². The quantitative estimate of drug-likeness (QED) is 0.700. The molecule has 1 unspecified atom stereocenters. The molecule has 2 N–H and O–H groups in total. The number of hydrogen-bond donors (Lipinski definition) is 2. The lowest BCUT2D eigenvalue weighted by atomic mass is 9.91. The van der Waals surface area contributed by atoms with Gasteiger partial charge in [-0.05, 0) is 42.7 Å². The highest BCUT2D eigenvalue weighted by molar-refractivity contribution is 6.30. The lowest BCUT2D eigenvalue weighted by molar-refractivity contribution is -0.136. The highest BCUT2D eigenvalue weighted by Gasteiger charge is 2.43. The molecule has 0 saturated carbocycles. The van der Waals surface area contributed by atoms with Gasteiger partial charge in [0.2, 0.25) is 5.91 Å². The summed E-state index contributed by atoms with van der Waals surface area (Å²) in [6.45, 7) is 3.94. The van der Waals surface area contributed by atoms with E-state index in [-0.39, 0.29) is 19.1 Å². The monoisotopic (exact) mass is 439 g/mol. The molecule has 2 aromatic carbocycles. The number of rotatable bonds is 5. The van der Waals surface area contributed by atoms with Crippen LogP contribution in [0.1, 0.15) is 28.3 Å². The largest absolute Gasteiger partial charge is 0.456 e. The Bertz CT molecular complexity index is 1090. The Kier molecular flexibility index (Phi) is 5.69. The van der Waals surface area contributed by atoms with Gasteiger partial charge in [0.05, 0.1) is 17.3 Å². The molecule has 3 amide bonds. The van der Waals surface area contributed by atoms with Crippen molar-refractivity contribution in [3.05, 3.63) is 81.0 Å². The van der Waals surface area contributed by atoms with Crippen molar-refractivity contribution in [3.63, 3.8) is 0 Å². The Morgan fingerprint density at radius 3 is 2.68 bits per heavy atom. The van der Waals surface area contributed by atoms with Crippen molar-refractivity contribution in [1.82, 2.24) is 15.5 Å². The lowest BCUT2D eigenvalue weighted by Gasteiger charge is -2.33. The molecule has 2 aromatic rings. The topological polar surface area (TPSA) is 87.7 Å². The molecule has 0 aliphatic carbocycles. The zero-order valence-corrected chi connectivity index (χ0v) is 18.0. The van der Waals surface area contributed by atoms with E-state index >= 15 is 0 Å². The number of cyclic esters (lactones) is 1. The average molecular weight is 440 g/mol. The van der Waals surface area contributed by atoms with Crippen LogP contribution in [0.2, 0.25) is 5.02 Å². The summed E-state index contributed by atoms with van der Waals surface area (Å²) < 4.78 is 5.23. The van der Waals surface area contributed by atoms with Crippen LogP contribution < -0.4 is 10.6 Å². The van der Waals surface area contributed by atoms with E-state index in [1.807, 2.05) is 44.2 Å². The maximum atomic E-state index is 12.9. The van der Waals surface area contributed by atoms with Crippen molar-refractivity contribution in [2.45, 2.75) is 26.4 Å². The van der Waals surface area contributed by atoms with Gasteiger partial charge in [-0.25, -0.2) is 9.59 Å². The first-order valence-corrected chi connectivity index (χ1v) is 10.3. The maximum absolute atomic E-state index is 12.9. The number of nitrogens with zero attached hydrogens (tertiary/aromatic N) is 1. The number of hydrogen-bond acceptors (Lipinski definition) is 4. The Morgan fingerprint density at radius 1 is 1.19 bits per heavy atom. The predicted octanol–water partition coefficient (Wildman–Crippen LogP) is 3.15. The number of carbonyl (C=O) groups excluding carboxylic acids is 3. The van der Waals surface area contributed by atoms with Crippen molar-refractivity contribution in [1.29, 1.82) is 0 Å². The van der Waals surface area contributed by atoms with Gasteiger partial charge in [0.25, 0.3) is 0 Å². The number of aryl methyl sites for hydroxylation is 2. The van der Waals surface area contributed by atoms with Gasteiger partial charge in [0, 0.05) is 11.6 Å². The molecule has 0 bridgehead atoms. The molecular weight excluding hydrogens is 418 g/mol. The summed E-state index contributed by atoms with van der Waals surface area (Å²) in [5.41, 5.74) is 4.51. The molecule has 2 heterocycles. The molecule has 0 spiro atoms. The summed E-state index contributed by atoms with van der Waals surface area (Å²) in [7, 11) is 0. The van der Waals surface area contributed by atoms with E-state index < -0.39 is 18.0 Å². The summed E-state index contributed by atoms with van der Waals surface area (Å²) in [4.78, 5) is 39.2. The number of ether oxygens (including phenoxy) is 1. The van der Waals surface area contributed by atoms with E-state index in [4.69, 9.17) is 16.3 Å². The van der Waals surface area contributed by atoms with E-state index in [0.29, 0.717) is 22.8 Å². The van der Waals surface area contributed by atoms with E-state index in [2.05, 4.69) is 10.6 Å². The Balaban J connectivity index is 1.54. The molecule has 1 atom stereocenters. The van der Waals surface area contributed by atoms with E-state index in [1.54, 1.807) is 12.1 Å². The molecular formula is C23H22ClN3O4. The third-order valence-electron chi connectivity index (χ3n) is 5.45. The summed E-state index contributed by atoms with van der Waals surface area (Å²) in [6, 6.07) is 11.9. The third-order valence-corrected chi connectivity index (χ3v) is 5.70. The highest BCUT2D eigenvalue weighted by atomic mass is 35.5. The second-order valence-electron chi connectivity index (χ2n) is 7.67. The molecule has 2 aliphatic heterocycles. The van der Waals surface area contributed by atoms with Crippen LogP contribution in [0.5, 0.6) is 0 Å². The van der Waals surface area contributed by atoms with Gasteiger partial charge in [0.15, 0.2) is 0 Å². The molecule has 0 aromatic heterocycles. The Hall–Kier alpha value is -3.32. The van der Waals surface area contributed by atoms with Gasteiger partial charge < -0.3 is 15.4 Å². The van der Waals surface area contributed by atoms with Crippen LogP contribution >= 0.6 is 11.6 Å². The van der Waals surface area contributed by atoms with E-state index in [0.717, 1.165) is 22.3 Å². The number of esters is 1. The molecule has 0 radical (unpaired) electrons. The minimum atomic E-state index is -0.606.